The van der Waals surface area contributed by atoms with Crippen LogP contribution in [0.2, 0.25) is 0 Å². The number of amides is 1. The van der Waals surface area contributed by atoms with E-state index in [-0.39, 0.29) is 5.91 Å². The largest absolute Gasteiger partial charge is 0.337 e. The molecule has 6 heteroatoms. The molecule has 0 spiro atoms. The van der Waals surface area contributed by atoms with Crippen molar-refractivity contribution in [3.8, 4) is 0 Å². The van der Waals surface area contributed by atoms with Gasteiger partial charge in [0.15, 0.2) is 0 Å². The van der Waals surface area contributed by atoms with E-state index in [1.54, 1.807) is 6.20 Å². The third-order valence-corrected chi connectivity index (χ3v) is 5.30. The molecule has 2 saturated heterocycles. The normalized spacial score (nSPS) is 26.6. The van der Waals surface area contributed by atoms with Gasteiger partial charge in [0.05, 0.1) is 17.5 Å². The van der Waals surface area contributed by atoms with Crippen molar-refractivity contribution < 1.29 is 4.79 Å². The molecule has 0 bridgehead atoms. The fourth-order valence-electron chi connectivity index (χ4n) is 3.89. The summed E-state index contributed by atoms with van der Waals surface area (Å²) < 4.78 is 1.90. The first-order valence-corrected chi connectivity index (χ1v) is 8.50. The van der Waals surface area contributed by atoms with E-state index in [0.717, 1.165) is 56.9 Å². The number of hydrogen-bond donors (Lipinski definition) is 1. The lowest BCUT2D eigenvalue weighted by Gasteiger charge is -2.32. The van der Waals surface area contributed by atoms with Crippen molar-refractivity contribution in [3.63, 3.8) is 0 Å². The highest BCUT2D eigenvalue weighted by Gasteiger charge is 2.36. The Morgan fingerprint density at radius 2 is 2.00 bits per heavy atom. The van der Waals surface area contributed by atoms with E-state index in [0.29, 0.717) is 12.0 Å². The molecular weight excluding hydrogens is 278 g/mol. The summed E-state index contributed by atoms with van der Waals surface area (Å²) in [6, 6.07) is 0.534. The van der Waals surface area contributed by atoms with Crippen LogP contribution >= 0.6 is 0 Å². The first-order chi connectivity index (χ1) is 10.7. The van der Waals surface area contributed by atoms with Gasteiger partial charge in [-0.05, 0) is 19.3 Å². The Bertz CT molecular complexity index is 559. The molecule has 3 aliphatic rings. The van der Waals surface area contributed by atoms with E-state index < -0.39 is 0 Å². The molecule has 0 radical (unpaired) electrons. The molecule has 1 aromatic heterocycles. The number of hydrogen-bond acceptors (Lipinski definition) is 4. The van der Waals surface area contributed by atoms with Crippen molar-refractivity contribution >= 4 is 5.91 Å². The van der Waals surface area contributed by atoms with Gasteiger partial charge in [0.2, 0.25) is 0 Å². The molecule has 1 unspecified atom stereocenters. The average molecular weight is 303 g/mol. The SMILES string of the molecule is Cn1ncc(C(=O)N2CCC(N3CCNCC3)C2)c1C1CC1. The quantitative estimate of drug-likeness (QED) is 0.879. The van der Waals surface area contributed by atoms with Crippen LogP contribution in [0, 0.1) is 0 Å². The summed E-state index contributed by atoms with van der Waals surface area (Å²) in [5, 5.41) is 7.72. The molecule has 3 heterocycles. The van der Waals surface area contributed by atoms with Gasteiger partial charge in [-0.25, -0.2) is 0 Å². The summed E-state index contributed by atoms with van der Waals surface area (Å²) in [5.74, 6) is 0.741. The number of piperazine rings is 1. The lowest BCUT2D eigenvalue weighted by Crippen LogP contribution is -2.49. The van der Waals surface area contributed by atoms with E-state index in [4.69, 9.17) is 0 Å². The van der Waals surface area contributed by atoms with Gasteiger partial charge in [-0.1, -0.05) is 0 Å². The van der Waals surface area contributed by atoms with Crippen molar-refractivity contribution in [2.45, 2.75) is 31.2 Å². The van der Waals surface area contributed by atoms with Crippen molar-refractivity contribution in [1.82, 2.24) is 24.9 Å². The molecule has 3 fully saturated rings. The van der Waals surface area contributed by atoms with E-state index in [1.165, 1.54) is 12.8 Å². The predicted molar refractivity (Wildman–Crippen MR) is 83.9 cm³/mol. The number of aromatic nitrogens is 2. The van der Waals surface area contributed by atoms with Crippen LogP contribution in [0.3, 0.4) is 0 Å². The van der Waals surface area contributed by atoms with E-state index >= 15 is 0 Å². The molecule has 0 aromatic carbocycles. The highest BCUT2D eigenvalue weighted by atomic mass is 16.2. The van der Waals surface area contributed by atoms with Crippen molar-refractivity contribution in [3.05, 3.63) is 17.5 Å². The van der Waals surface area contributed by atoms with Crippen molar-refractivity contribution in [2.24, 2.45) is 7.05 Å². The molecule has 1 aliphatic carbocycles. The van der Waals surface area contributed by atoms with Gasteiger partial charge >= 0.3 is 0 Å². The number of rotatable bonds is 3. The maximum absolute atomic E-state index is 12.9. The highest BCUT2D eigenvalue weighted by Crippen LogP contribution is 2.41. The van der Waals surface area contributed by atoms with Crippen molar-refractivity contribution in [2.75, 3.05) is 39.3 Å². The number of nitrogens with one attached hydrogen (secondary N) is 1. The van der Waals surface area contributed by atoms with Crippen molar-refractivity contribution in [1.29, 1.82) is 0 Å². The number of carbonyl (C=O) groups excluding carboxylic acids is 1. The van der Waals surface area contributed by atoms with Crippen LogP contribution in [0.1, 0.15) is 41.2 Å². The predicted octanol–water partition coefficient (Wildman–Crippen LogP) is 0.417. The van der Waals surface area contributed by atoms with E-state index in [9.17, 15) is 4.79 Å². The summed E-state index contributed by atoms with van der Waals surface area (Å²) >= 11 is 0. The second-order valence-corrected chi connectivity index (χ2v) is 6.82. The summed E-state index contributed by atoms with van der Waals surface area (Å²) in [4.78, 5) is 17.5. The van der Waals surface area contributed by atoms with Crippen LogP contribution < -0.4 is 5.32 Å². The fourth-order valence-corrected chi connectivity index (χ4v) is 3.89. The molecule has 1 aromatic rings. The molecule has 1 atom stereocenters. The number of nitrogens with zero attached hydrogens (tertiary/aromatic N) is 4. The van der Waals surface area contributed by atoms with Gasteiger partial charge in [-0.3, -0.25) is 14.4 Å². The summed E-state index contributed by atoms with van der Waals surface area (Å²) in [6.45, 7) is 6.10. The van der Waals surface area contributed by atoms with E-state index in [2.05, 4.69) is 15.3 Å². The number of aryl methyl sites for hydroxylation is 1. The molecule has 120 valence electrons. The monoisotopic (exact) mass is 303 g/mol. The Hall–Kier alpha value is -1.40. The maximum atomic E-state index is 12.9. The summed E-state index contributed by atoms with van der Waals surface area (Å²) in [7, 11) is 1.96. The van der Waals surface area contributed by atoms with Crippen LogP contribution in [0.25, 0.3) is 0 Å². The van der Waals surface area contributed by atoms with Crippen LogP contribution in [0.5, 0.6) is 0 Å². The lowest BCUT2D eigenvalue weighted by molar-refractivity contribution is 0.0772. The van der Waals surface area contributed by atoms with Crippen LogP contribution in [-0.4, -0.2) is 70.8 Å². The minimum atomic E-state index is 0.188. The Kier molecular flexibility index (Phi) is 3.66. The van der Waals surface area contributed by atoms with Gasteiger partial charge in [0.25, 0.3) is 5.91 Å². The molecule has 2 aliphatic heterocycles. The Morgan fingerprint density at radius 3 is 2.73 bits per heavy atom. The average Bonchev–Trinajstić information content (AvgIpc) is 3.12. The molecule has 1 saturated carbocycles. The topological polar surface area (TPSA) is 53.4 Å². The second-order valence-electron chi connectivity index (χ2n) is 6.82. The highest BCUT2D eigenvalue weighted by molar-refractivity contribution is 5.95. The van der Waals surface area contributed by atoms with E-state index in [1.807, 2.05) is 16.6 Å². The standard InChI is InChI=1S/C16H25N5O/c1-19-15(12-2-3-12)14(10-18-19)16(22)21-7-4-13(11-21)20-8-5-17-6-9-20/h10,12-13,17H,2-9,11H2,1H3. The number of carbonyl (C=O) groups is 1. The van der Waals surface area contributed by atoms with Gasteiger partial charge < -0.3 is 10.2 Å². The molecule has 22 heavy (non-hydrogen) atoms. The maximum Gasteiger partial charge on any atom is 0.257 e. The van der Waals surface area contributed by atoms with Crippen LogP contribution in [0.4, 0.5) is 0 Å². The van der Waals surface area contributed by atoms with Gasteiger partial charge in [0.1, 0.15) is 0 Å². The first-order valence-electron chi connectivity index (χ1n) is 8.50. The minimum Gasteiger partial charge on any atom is -0.337 e. The fraction of sp³-hybridized carbons (Fsp3) is 0.750. The van der Waals surface area contributed by atoms with Crippen LogP contribution in [-0.2, 0) is 7.05 Å². The lowest BCUT2D eigenvalue weighted by atomic mass is 10.1. The number of likely N-dealkylation sites (tertiary alicyclic amines) is 1. The molecule has 1 amide bonds. The zero-order chi connectivity index (χ0) is 15.1. The van der Waals surface area contributed by atoms with Gasteiger partial charge in [-0.2, -0.15) is 5.10 Å². The van der Waals surface area contributed by atoms with Gasteiger partial charge in [-0.15, -0.1) is 0 Å². The third kappa shape index (κ3) is 2.54. The second kappa shape index (κ2) is 5.66. The molecule has 1 N–H and O–H groups in total. The zero-order valence-corrected chi connectivity index (χ0v) is 13.3. The zero-order valence-electron chi connectivity index (χ0n) is 13.3. The minimum absolute atomic E-state index is 0.188. The smallest absolute Gasteiger partial charge is 0.257 e. The molecule has 4 rings (SSSR count). The Balaban J connectivity index is 1.45. The van der Waals surface area contributed by atoms with Gasteiger partial charge in [0, 0.05) is 58.3 Å². The third-order valence-electron chi connectivity index (χ3n) is 5.30. The summed E-state index contributed by atoms with van der Waals surface area (Å²) in [5.41, 5.74) is 1.99. The molecule has 6 nitrogen and oxygen atoms in total. The summed E-state index contributed by atoms with van der Waals surface area (Å²) in [6.07, 6.45) is 5.27. The Labute approximate surface area is 131 Å². The molecular formula is C16H25N5O. The Morgan fingerprint density at radius 1 is 1.23 bits per heavy atom. The van der Waals surface area contributed by atoms with Crippen LogP contribution in [0.15, 0.2) is 6.20 Å². The first kappa shape index (κ1) is 14.2.